The fourth-order valence-electron chi connectivity index (χ4n) is 2.27. The molecule has 0 bridgehead atoms. The van der Waals surface area contributed by atoms with Crippen molar-refractivity contribution in [3.8, 4) is 11.1 Å². The first-order valence-electron chi connectivity index (χ1n) is 7.45. The van der Waals surface area contributed by atoms with Crippen molar-refractivity contribution >= 4 is 39.9 Å². The lowest BCUT2D eigenvalue weighted by atomic mass is 10.0. The molecule has 124 valence electrons. The number of thiocarbonyl (C=S) groups is 1. The van der Waals surface area contributed by atoms with Gasteiger partial charge in [0.05, 0.1) is 7.11 Å². The summed E-state index contributed by atoms with van der Waals surface area (Å²) in [5.41, 5.74) is 3.11. The molecule has 0 aromatic heterocycles. The van der Waals surface area contributed by atoms with Crippen LogP contribution in [0, 0.1) is 0 Å². The summed E-state index contributed by atoms with van der Waals surface area (Å²) in [6, 6.07) is 17.9. The van der Waals surface area contributed by atoms with E-state index in [9.17, 15) is 9.59 Å². The van der Waals surface area contributed by atoms with Crippen molar-refractivity contribution < 1.29 is 14.3 Å². The molecule has 0 saturated heterocycles. The van der Waals surface area contributed by atoms with Crippen LogP contribution in [0.5, 0.6) is 0 Å². The van der Waals surface area contributed by atoms with E-state index in [0.717, 1.165) is 28.5 Å². The van der Waals surface area contributed by atoms with Crippen LogP contribution in [0.2, 0.25) is 0 Å². The molecule has 3 nitrogen and oxygen atoms in total. The number of benzene rings is 2. The highest BCUT2D eigenvalue weighted by molar-refractivity contribution is 8.14. The highest BCUT2D eigenvalue weighted by Crippen LogP contribution is 2.23. The van der Waals surface area contributed by atoms with Gasteiger partial charge in [-0.25, -0.2) is 0 Å². The van der Waals surface area contributed by atoms with E-state index in [1.165, 1.54) is 14.0 Å². The lowest BCUT2D eigenvalue weighted by Gasteiger charge is -2.13. The minimum Gasteiger partial charge on any atom is -0.468 e. The van der Waals surface area contributed by atoms with Crippen molar-refractivity contribution in [3.05, 3.63) is 60.2 Å². The third-order valence-electron chi connectivity index (χ3n) is 3.46. The van der Waals surface area contributed by atoms with E-state index in [0.29, 0.717) is 11.3 Å². The molecule has 2 aromatic rings. The van der Waals surface area contributed by atoms with Crippen LogP contribution < -0.4 is 0 Å². The minimum atomic E-state index is -0.603. The van der Waals surface area contributed by atoms with Crippen molar-refractivity contribution in [2.75, 3.05) is 7.11 Å². The fourth-order valence-corrected chi connectivity index (χ4v) is 3.52. The summed E-state index contributed by atoms with van der Waals surface area (Å²) in [5.74, 6) is -0.432. The van der Waals surface area contributed by atoms with Crippen LogP contribution in [0.4, 0.5) is 0 Å². The second kappa shape index (κ2) is 8.76. The molecule has 0 aliphatic heterocycles. The number of hydrogen-bond donors (Lipinski definition) is 0. The summed E-state index contributed by atoms with van der Waals surface area (Å²) in [4.78, 5) is 23.7. The number of ether oxygens (including phenoxy) is 1. The molecule has 1 unspecified atom stereocenters. The zero-order chi connectivity index (χ0) is 17.5. The van der Waals surface area contributed by atoms with Crippen molar-refractivity contribution in [2.24, 2.45) is 0 Å². The van der Waals surface area contributed by atoms with Crippen LogP contribution in [0.1, 0.15) is 18.9 Å². The average Bonchev–Trinajstić information content (AvgIpc) is 2.61. The van der Waals surface area contributed by atoms with E-state index >= 15 is 0 Å². The highest BCUT2D eigenvalue weighted by Gasteiger charge is 2.24. The van der Waals surface area contributed by atoms with Gasteiger partial charge in [0.2, 0.25) is 0 Å². The summed E-state index contributed by atoms with van der Waals surface area (Å²) in [7, 11) is 1.31. The predicted octanol–water partition coefficient (Wildman–Crippen LogP) is 4.28. The van der Waals surface area contributed by atoms with Crippen LogP contribution >= 0.6 is 24.0 Å². The van der Waals surface area contributed by atoms with Crippen molar-refractivity contribution in [3.63, 3.8) is 0 Å². The first-order valence-corrected chi connectivity index (χ1v) is 8.74. The molecular weight excluding hydrogens is 340 g/mol. The third kappa shape index (κ3) is 5.01. The van der Waals surface area contributed by atoms with Gasteiger partial charge in [-0.3, -0.25) is 9.59 Å². The standard InChI is InChI=1S/C19H18O3S2/c1-13(20)24-18(19(21)22-2)12-17(23)16-10-8-15(9-11-16)14-6-4-3-5-7-14/h3-11,18H,12H2,1-2H3. The molecule has 0 saturated carbocycles. The first kappa shape index (κ1) is 18.4. The van der Waals surface area contributed by atoms with E-state index in [4.69, 9.17) is 17.0 Å². The van der Waals surface area contributed by atoms with E-state index in [1.54, 1.807) is 0 Å². The number of hydrogen-bond acceptors (Lipinski definition) is 5. The Labute approximate surface area is 151 Å². The Kier molecular flexibility index (Phi) is 6.70. The smallest absolute Gasteiger partial charge is 0.319 e. The molecule has 0 aliphatic rings. The van der Waals surface area contributed by atoms with Gasteiger partial charge in [0.1, 0.15) is 5.25 Å². The lowest BCUT2D eigenvalue weighted by Crippen LogP contribution is -2.23. The second-order valence-corrected chi connectivity index (χ2v) is 7.06. The molecule has 0 heterocycles. The molecule has 0 spiro atoms. The van der Waals surface area contributed by atoms with Gasteiger partial charge in [0.15, 0.2) is 5.12 Å². The molecule has 5 heteroatoms. The molecule has 24 heavy (non-hydrogen) atoms. The van der Waals surface area contributed by atoms with Crippen LogP contribution in [0.25, 0.3) is 11.1 Å². The van der Waals surface area contributed by atoms with Gasteiger partial charge in [-0.15, -0.1) is 0 Å². The fraction of sp³-hybridized carbons (Fsp3) is 0.211. The second-order valence-electron chi connectivity index (χ2n) is 5.19. The zero-order valence-electron chi connectivity index (χ0n) is 13.5. The van der Waals surface area contributed by atoms with Crippen LogP contribution in [-0.2, 0) is 14.3 Å². The summed E-state index contributed by atoms with van der Waals surface area (Å²) < 4.78 is 4.76. The molecule has 2 rings (SSSR count). The minimum absolute atomic E-state index is 0.132. The van der Waals surface area contributed by atoms with Gasteiger partial charge in [0.25, 0.3) is 0 Å². The Hall–Kier alpha value is -1.98. The molecule has 0 amide bonds. The topological polar surface area (TPSA) is 43.4 Å². The number of thioether (sulfide) groups is 1. The van der Waals surface area contributed by atoms with E-state index in [2.05, 4.69) is 0 Å². The molecule has 0 fully saturated rings. The van der Waals surface area contributed by atoms with Gasteiger partial charge < -0.3 is 4.74 Å². The van der Waals surface area contributed by atoms with E-state index < -0.39 is 11.2 Å². The summed E-state index contributed by atoms with van der Waals surface area (Å²) in [6.07, 6.45) is 0.303. The predicted molar refractivity (Wildman–Crippen MR) is 102 cm³/mol. The largest absolute Gasteiger partial charge is 0.468 e. The number of carbonyl (C=O) groups excluding carboxylic acids is 2. The monoisotopic (exact) mass is 358 g/mol. The lowest BCUT2D eigenvalue weighted by molar-refractivity contribution is -0.139. The van der Waals surface area contributed by atoms with E-state index in [-0.39, 0.29) is 5.12 Å². The van der Waals surface area contributed by atoms with Crippen LogP contribution in [-0.4, -0.2) is 28.3 Å². The van der Waals surface area contributed by atoms with Gasteiger partial charge in [-0.05, 0) is 16.7 Å². The molecule has 0 N–H and O–H groups in total. The molecule has 0 radical (unpaired) electrons. The number of carbonyl (C=O) groups is 2. The summed E-state index contributed by atoms with van der Waals surface area (Å²) in [5, 5.41) is -0.735. The number of methoxy groups -OCH3 is 1. The Balaban J connectivity index is 2.11. The maximum Gasteiger partial charge on any atom is 0.319 e. The normalized spacial score (nSPS) is 11.6. The van der Waals surface area contributed by atoms with Gasteiger partial charge in [0, 0.05) is 18.2 Å². The van der Waals surface area contributed by atoms with E-state index in [1.807, 2.05) is 54.6 Å². The van der Waals surface area contributed by atoms with Gasteiger partial charge in [-0.1, -0.05) is 78.6 Å². The first-order chi connectivity index (χ1) is 11.5. The number of esters is 1. The van der Waals surface area contributed by atoms with Crippen LogP contribution in [0.15, 0.2) is 54.6 Å². The Bertz CT molecular complexity index is 724. The zero-order valence-corrected chi connectivity index (χ0v) is 15.2. The average molecular weight is 358 g/mol. The van der Waals surface area contributed by atoms with Crippen molar-refractivity contribution in [1.82, 2.24) is 0 Å². The highest BCUT2D eigenvalue weighted by atomic mass is 32.2. The SMILES string of the molecule is COC(=O)C(CC(=S)c1ccc(-c2ccccc2)cc1)SC(C)=O. The number of rotatable bonds is 6. The quantitative estimate of drug-likeness (QED) is 0.438. The molecule has 0 aliphatic carbocycles. The Morgan fingerprint density at radius 1 is 1.04 bits per heavy atom. The molecule has 2 aromatic carbocycles. The van der Waals surface area contributed by atoms with Gasteiger partial charge >= 0.3 is 5.97 Å². The third-order valence-corrected chi connectivity index (χ3v) is 4.84. The maximum atomic E-state index is 11.8. The van der Waals surface area contributed by atoms with Crippen molar-refractivity contribution in [2.45, 2.75) is 18.6 Å². The summed E-state index contributed by atoms with van der Waals surface area (Å²) >= 11 is 6.40. The maximum absolute atomic E-state index is 11.8. The van der Waals surface area contributed by atoms with Crippen molar-refractivity contribution in [1.29, 1.82) is 0 Å². The Morgan fingerprint density at radius 2 is 1.62 bits per heavy atom. The van der Waals surface area contributed by atoms with Crippen LogP contribution in [0.3, 0.4) is 0 Å². The summed E-state index contributed by atoms with van der Waals surface area (Å²) in [6.45, 7) is 1.43. The molecular formula is C19H18O3S2. The molecule has 1 atom stereocenters. The Morgan fingerprint density at radius 3 is 2.17 bits per heavy atom. The van der Waals surface area contributed by atoms with Gasteiger partial charge in [-0.2, -0.15) is 0 Å².